The molecule has 1 amide bonds. The van der Waals surface area contributed by atoms with Gasteiger partial charge in [-0.1, -0.05) is 29.3 Å². The molecule has 1 aliphatic rings. The summed E-state index contributed by atoms with van der Waals surface area (Å²) in [4.78, 5) is 28.0. The number of nitriles is 1. The Labute approximate surface area is 208 Å². The Kier molecular flexibility index (Phi) is 7.01. The van der Waals surface area contributed by atoms with Crippen LogP contribution in [0.25, 0.3) is 0 Å². The SMILES string of the molecule is Cc1ncc(C(=O)N2C[C@H]([C@H](C)Oc3ccc(C#N)cn3)[C@@H](c3ccc(Cl)c(Cl)c3)C2)c(C)n1. The van der Waals surface area contributed by atoms with E-state index >= 15 is 0 Å². The lowest BCUT2D eigenvalue weighted by molar-refractivity contribution is 0.0768. The Morgan fingerprint density at radius 1 is 1.15 bits per heavy atom. The van der Waals surface area contributed by atoms with E-state index in [0.717, 1.165) is 5.56 Å². The molecule has 3 heterocycles. The highest BCUT2D eigenvalue weighted by Crippen LogP contribution is 2.38. The summed E-state index contributed by atoms with van der Waals surface area (Å²) in [5, 5.41) is 9.94. The molecular weight excluding hydrogens is 473 g/mol. The number of pyridine rings is 1. The number of carbonyl (C=O) groups is 1. The molecule has 0 bridgehead atoms. The lowest BCUT2D eigenvalue weighted by atomic mass is 9.86. The van der Waals surface area contributed by atoms with E-state index < -0.39 is 0 Å². The lowest BCUT2D eigenvalue weighted by Gasteiger charge is -2.25. The standard InChI is InChI=1S/C25H23Cl2N5O2/c1-14-19(11-29-16(3)31-14)25(33)32-12-20(15(2)34-24-7-4-17(9-28)10-30-24)21(13-32)18-5-6-22(26)23(27)8-18/h4-8,10-11,15,20-21H,12-13H2,1-3H3/t15-,20+,21+/m0/s1. The maximum atomic E-state index is 13.4. The molecule has 1 aromatic carbocycles. The second-order valence-corrected chi connectivity index (χ2v) is 9.20. The van der Waals surface area contributed by atoms with Crippen LogP contribution in [0.1, 0.15) is 45.8 Å². The molecule has 9 heteroatoms. The third kappa shape index (κ3) is 4.98. The summed E-state index contributed by atoms with van der Waals surface area (Å²) >= 11 is 12.5. The Balaban J connectivity index is 1.62. The number of nitrogens with zero attached hydrogens (tertiary/aromatic N) is 5. The molecule has 174 valence electrons. The number of benzene rings is 1. The number of ether oxygens (including phenoxy) is 1. The first-order valence-electron chi connectivity index (χ1n) is 10.8. The van der Waals surface area contributed by atoms with Gasteiger partial charge in [0.05, 0.1) is 26.9 Å². The van der Waals surface area contributed by atoms with Gasteiger partial charge in [0, 0.05) is 43.4 Å². The van der Waals surface area contributed by atoms with E-state index in [1.165, 1.54) is 6.20 Å². The molecule has 0 N–H and O–H groups in total. The van der Waals surface area contributed by atoms with Crippen LogP contribution < -0.4 is 4.74 Å². The second-order valence-electron chi connectivity index (χ2n) is 8.39. The number of aryl methyl sites for hydroxylation is 2. The van der Waals surface area contributed by atoms with Gasteiger partial charge in [-0.05, 0) is 44.5 Å². The minimum Gasteiger partial charge on any atom is -0.474 e. The number of hydrogen-bond donors (Lipinski definition) is 0. The highest BCUT2D eigenvalue weighted by Gasteiger charge is 2.41. The quantitative estimate of drug-likeness (QED) is 0.494. The topological polar surface area (TPSA) is 92.0 Å². The molecule has 0 spiro atoms. The maximum Gasteiger partial charge on any atom is 0.257 e. The van der Waals surface area contributed by atoms with E-state index in [2.05, 4.69) is 15.0 Å². The zero-order valence-corrected chi connectivity index (χ0v) is 20.5. The van der Waals surface area contributed by atoms with Crippen LogP contribution in [-0.2, 0) is 0 Å². The van der Waals surface area contributed by atoms with Crippen molar-refractivity contribution in [1.82, 2.24) is 19.9 Å². The Morgan fingerprint density at radius 2 is 1.94 bits per heavy atom. The van der Waals surface area contributed by atoms with Gasteiger partial charge in [-0.2, -0.15) is 5.26 Å². The average molecular weight is 496 g/mol. The number of rotatable bonds is 5. The van der Waals surface area contributed by atoms with Crippen LogP contribution in [0, 0.1) is 31.1 Å². The lowest BCUT2D eigenvalue weighted by Crippen LogP contribution is -2.33. The fourth-order valence-corrected chi connectivity index (χ4v) is 4.63. The van der Waals surface area contributed by atoms with Gasteiger partial charge < -0.3 is 9.64 Å². The highest BCUT2D eigenvalue weighted by atomic mass is 35.5. The van der Waals surface area contributed by atoms with Crippen molar-refractivity contribution in [2.45, 2.75) is 32.8 Å². The highest BCUT2D eigenvalue weighted by molar-refractivity contribution is 6.42. The number of hydrogen-bond acceptors (Lipinski definition) is 6. The zero-order chi connectivity index (χ0) is 24.4. The minimum absolute atomic E-state index is 0.0289. The van der Waals surface area contributed by atoms with Crippen molar-refractivity contribution in [3.8, 4) is 11.9 Å². The zero-order valence-electron chi connectivity index (χ0n) is 19.0. The van der Waals surface area contributed by atoms with Crippen LogP contribution in [0.3, 0.4) is 0 Å². The first kappa shape index (κ1) is 23.9. The van der Waals surface area contributed by atoms with Crippen LogP contribution in [0.2, 0.25) is 10.0 Å². The van der Waals surface area contributed by atoms with Crippen LogP contribution in [0.4, 0.5) is 0 Å². The summed E-state index contributed by atoms with van der Waals surface area (Å²) in [7, 11) is 0. The minimum atomic E-state index is -0.270. The molecule has 0 unspecified atom stereocenters. The molecule has 2 aromatic heterocycles. The van der Waals surface area contributed by atoms with Crippen molar-refractivity contribution in [2.75, 3.05) is 13.1 Å². The van der Waals surface area contributed by atoms with E-state index in [9.17, 15) is 4.79 Å². The fourth-order valence-electron chi connectivity index (χ4n) is 4.32. The van der Waals surface area contributed by atoms with Gasteiger partial charge in [0.2, 0.25) is 5.88 Å². The van der Waals surface area contributed by atoms with Crippen molar-refractivity contribution >= 4 is 29.1 Å². The second kappa shape index (κ2) is 9.96. The molecule has 34 heavy (non-hydrogen) atoms. The van der Waals surface area contributed by atoms with Crippen LogP contribution in [0.15, 0.2) is 42.7 Å². The number of carbonyl (C=O) groups excluding carboxylic acids is 1. The van der Waals surface area contributed by atoms with E-state index in [0.29, 0.717) is 51.7 Å². The Morgan fingerprint density at radius 3 is 2.59 bits per heavy atom. The summed E-state index contributed by atoms with van der Waals surface area (Å²) in [5.41, 5.74) is 2.58. The van der Waals surface area contributed by atoms with Crippen molar-refractivity contribution in [3.63, 3.8) is 0 Å². The molecule has 0 saturated carbocycles. The largest absolute Gasteiger partial charge is 0.474 e. The van der Waals surface area contributed by atoms with Crippen molar-refractivity contribution in [1.29, 1.82) is 5.26 Å². The predicted molar refractivity (Wildman–Crippen MR) is 129 cm³/mol. The van der Waals surface area contributed by atoms with Gasteiger partial charge in [0.1, 0.15) is 18.0 Å². The van der Waals surface area contributed by atoms with Crippen LogP contribution in [-0.4, -0.2) is 45.0 Å². The van der Waals surface area contributed by atoms with Gasteiger partial charge in [-0.15, -0.1) is 0 Å². The molecule has 1 aliphatic heterocycles. The third-order valence-electron chi connectivity index (χ3n) is 6.13. The van der Waals surface area contributed by atoms with Crippen LogP contribution >= 0.6 is 23.2 Å². The Hall–Kier alpha value is -3.21. The van der Waals surface area contributed by atoms with Gasteiger partial charge in [-0.25, -0.2) is 15.0 Å². The van der Waals surface area contributed by atoms with E-state index in [1.807, 2.05) is 36.9 Å². The monoisotopic (exact) mass is 495 g/mol. The van der Waals surface area contributed by atoms with Crippen LogP contribution in [0.5, 0.6) is 5.88 Å². The number of amides is 1. The number of likely N-dealkylation sites (tertiary alicyclic amines) is 1. The molecule has 3 aromatic rings. The maximum absolute atomic E-state index is 13.4. The molecule has 3 atom stereocenters. The molecule has 1 fully saturated rings. The van der Waals surface area contributed by atoms with Gasteiger partial charge >= 0.3 is 0 Å². The summed E-state index contributed by atoms with van der Waals surface area (Å²) in [6, 6.07) is 10.9. The number of aromatic nitrogens is 3. The first-order valence-corrected chi connectivity index (χ1v) is 11.6. The van der Waals surface area contributed by atoms with Crippen molar-refractivity contribution in [2.24, 2.45) is 5.92 Å². The molecular formula is C25H23Cl2N5O2. The molecule has 1 saturated heterocycles. The average Bonchev–Trinajstić information content (AvgIpc) is 3.27. The Bertz CT molecular complexity index is 1260. The van der Waals surface area contributed by atoms with Crippen molar-refractivity contribution in [3.05, 3.63) is 81.0 Å². The summed E-state index contributed by atoms with van der Waals surface area (Å²) < 4.78 is 6.13. The van der Waals surface area contributed by atoms with Gasteiger partial charge in [-0.3, -0.25) is 4.79 Å². The number of halogens is 2. The predicted octanol–water partition coefficient (Wildman–Crippen LogP) is 4.99. The molecule has 0 aliphatic carbocycles. The first-order chi connectivity index (χ1) is 16.3. The van der Waals surface area contributed by atoms with Gasteiger partial charge in [0.25, 0.3) is 5.91 Å². The van der Waals surface area contributed by atoms with E-state index in [4.69, 9.17) is 33.2 Å². The summed E-state index contributed by atoms with van der Waals surface area (Å²) in [6.07, 6.45) is 2.79. The molecule has 7 nitrogen and oxygen atoms in total. The summed E-state index contributed by atoms with van der Waals surface area (Å²) in [5.74, 6) is 0.865. The third-order valence-corrected chi connectivity index (χ3v) is 6.87. The van der Waals surface area contributed by atoms with E-state index in [1.54, 1.807) is 31.3 Å². The smallest absolute Gasteiger partial charge is 0.257 e. The molecule has 4 rings (SSSR count). The van der Waals surface area contributed by atoms with Crippen molar-refractivity contribution < 1.29 is 9.53 Å². The van der Waals surface area contributed by atoms with E-state index in [-0.39, 0.29) is 23.8 Å². The molecule has 0 radical (unpaired) electrons. The van der Waals surface area contributed by atoms with Gasteiger partial charge in [0.15, 0.2) is 0 Å². The fraction of sp³-hybridized carbons (Fsp3) is 0.320. The summed E-state index contributed by atoms with van der Waals surface area (Å²) in [6.45, 7) is 6.54. The normalized spacial score (nSPS) is 18.4.